The van der Waals surface area contributed by atoms with E-state index in [4.69, 9.17) is 23.2 Å². The van der Waals surface area contributed by atoms with Crippen LogP contribution in [0.25, 0.3) is 5.69 Å². The predicted octanol–water partition coefficient (Wildman–Crippen LogP) is 3.89. The van der Waals surface area contributed by atoms with Crippen molar-refractivity contribution in [2.24, 2.45) is 0 Å². The van der Waals surface area contributed by atoms with E-state index in [0.29, 0.717) is 27.7 Å². The van der Waals surface area contributed by atoms with Crippen LogP contribution in [0, 0.1) is 0 Å². The molecule has 1 aromatic heterocycles. The zero-order valence-electron chi connectivity index (χ0n) is 11.4. The van der Waals surface area contributed by atoms with Crippen molar-refractivity contribution >= 4 is 29.0 Å². The summed E-state index contributed by atoms with van der Waals surface area (Å²) in [6.45, 7) is 0. The third-order valence-corrected chi connectivity index (χ3v) is 3.79. The van der Waals surface area contributed by atoms with Gasteiger partial charge >= 0.3 is 0 Å². The highest BCUT2D eigenvalue weighted by atomic mass is 35.5. The Morgan fingerprint density at radius 3 is 2.55 bits per heavy atom. The van der Waals surface area contributed by atoms with E-state index in [-0.39, 0.29) is 11.7 Å². The van der Waals surface area contributed by atoms with Gasteiger partial charge in [-0.2, -0.15) is 0 Å². The smallest absolute Gasteiger partial charge is 0.193 e. The molecule has 0 aliphatic heterocycles. The second kappa shape index (κ2) is 6.30. The third-order valence-electron chi connectivity index (χ3n) is 3.24. The molecule has 0 aliphatic rings. The zero-order valence-corrected chi connectivity index (χ0v) is 12.9. The Kier molecular flexibility index (Phi) is 4.22. The number of alkyl halides is 1. The Labute approximate surface area is 137 Å². The summed E-state index contributed by atoms with van der Waals surface area (Å²) >= 11 is 12.1. The first-order valence-corrected chi connectivity index (χ1v) is 7.46. The molecule has 4 nitrogen and oxygen atoms in total. The maximum atomic E-state index is 12.4. The highest BCUT2D eigenvalue weighted by Crippen LogP contribution is 2.24. The molecule has 1 heterocycles. The SMILES string of the molecule is O=C(c1ccccc1)c1ccc(-n2cnnc2CCl)c(Cl)c1. The number of carbonyl (C=O) groups excluding carboxylic acids is 1. The molecule has 6 heteroatoms. The lowest BCUT2D eigenvalue weighted by Crippen LogP contribution is -2.03. The van der Waals surface area contributed by atoms with Crippen LogP contribution in [0.4, 0.5) is 0 Å². The second-order valence-electron chi connectivity index (χ2n) is 4.61. The van der Waals surface area contributed by atoms with Gasteiger partial charge in [0.25, 0.3) is 0 Å². The van der Waals surface area contributed by atoms with Gasteiger partial charge in [-0.05, 0) is 18.2 Å². The molecule has 0 N–H and O–H groups in total. The highest BCUT2D eigenvalue weighted by Gasteiger charge is 2.13. The normalized spacial score (nSPS) is 10.6. The quantitative estimate of drug-likeness (QED) is 0.538. The molecule has 0 spiro atoms. The Morgan fingerprint density at radius 1 is 1.09 bits per heavy atom. The van der Waals surface area contributed by atoms with E-state index >= 15 is 0 Å². The number of hydrogen-bond acceptors (Lipinski definition) is 3. The predicted molar refractivity (Wildman–Crippen MR) is 85.8 cm³/mol. The fourth-order valence-corrected chi connectivity index (χ4v) is 2.60. The van der Waals surface area contributed by atoms with E-state index in [2.05, 4.69) is 10.2 Å². The fraction of sp³-hybridized carbons (Fsp3) is 0.0625. The molecule has 110 valence electrons. The summed E-state index contributed by atoms with van der Waals surface area (Å²) in [4.78, 5) is 12.4. The van der Waals surface area contributed by atoms with Gasteiger partial charge in [-0.15, -0.1) is 21.8 Å². The topological polar surface area (TPSA) is 47.8 Å². The Bertz CT molecular complexity index is 815. The van der Waals surface area contributed by atoms with Gasteiger partial charge in [-0.25, -0.2) is 0 Å². The first-order valence-electron chi connectivity index (χ1n) is 6.55. The third kappa shape index (κ3) is 2.75. The molecule has 0 aliphatic carbocycles. The van der Waals surface area contributed by atoms with Crippen molar-refractivity contribution in [3.63, 3.8) is 0 Å². The maximum Gasteiger partial charge on any atom is 0.193 e. The Balaban J connectivity index is 1.98. The first kappa shape index (κ1) is 14.8. The van der Waals surface area contributed by atoms with E-state index in [9.17, 15) is 4.79 Å². The summed E-state index contributed by atoms with van der Waals surface area (Å²) in [6.07, 6.45) is 1.54. The summed E-state index contributed by atoms with van der Waals surface area (Å²) in [5.74, 6) is 0.738. The number of benzene rings is 2. The van der Waals surface area contributed by atoms with Crippen molar-refractivity contribution < 1.29 is 4.79 Å². The Morgan fingerprint density at radius 2 is 1.86 bits per heavy atom. The number of aromatic nitrogens is 3. The highest BCUT2D eigenvalue weighted by molar-refractivity contribution is 6.33. The van der Waals surface area contributed by atoms with E-state index in [1.54, 1.807) is 34.9 Å². The van der Waals surface area contributed by atoms with Gasteiger partial charge in [-0.1, -0.05) is 41.9 Å². The van der Waals surface area contributed by atoms with E-state index in [1.165, 1.54) is 6.33 Å². The van der Waals surface area contributed by atoms with Crippen molar-refractivity contribution in [1.82, 2.24) is 14.8 Å². The second-order valence-corrected chi connectivity index (χ2v) is 5.29. The summed E-state index contributed by atoms with van der Waals surface area (Å²) in [5.41, 5.74) is 1.84. The van der Waals surface area contributed by atoms with Crippen molar-refractivity contribution in [2.75, 3.05) is 0 Å². The van der Waals surface area contributed by atoms with Gasteiger partial charge in [0.1, 0.15) is 6.33 Å². The minimum atomic E-state index is -0.0737. The molecule has 0 bridgehead atoms. The number of carbonyl (C=O) groups is 1. The van der Waals surface area contributed by atoms with Crippen LogP contribution in [-0.2, 0) is 5.88 Å². The van der Waals surface area contributed by atoms with Gasteiger partial charge in [-0.3, -0.25) is 9.36 Å². The minimum Gasteiger partial charge on any atom is -0.289 e. The molecule has 0 atom stereocenters. The number of nitrogens with zero attached hydrogens (tertiary/aromatic N) is 3. The fourth-order valence-electron chi connectivity index (χ4n) is 2.15. The number of rotatable bonds is 4. The average molecular weight is 332 g/mol. The van der Waals surface area contributed by atoms with Crippen LogP contribution in [-0.4, -0.2) is 20.5 Å². The van der Waals surface area contributed by atoms with Crippen molar-refractivity contribution in [2.45, 2.75) is 5.88 Å². The van der Waals surface area contributed by atoms with Gasteiger partial charge in [0, 0.05) is 11.1 Å². The van der Waals surface area contributed by atoms with E-state index in [1.807, 2.05) is 18.2 Å². The average Bonchev–Trinajstić information content (AvgIpc) is 3.03. The van der Waals surface area contributed by atoms with Crippen LogP contribution in [0.5, 0.6) is 0 Å². The Hall–Kier alpha value is -2.17. The van der Waals surface area contributed by atoms with Crippen molar-refractivity contribution in [3.05, 3.63) is 76.8 Å². The molecule has 0 fully saturated rings. The van der Waals surface area contributed by atoms with Crippen molar-refractivity contribution in [1.29, 1.82) is 0 Å². The molecule has 0 radical (unpaired) electrons. The molecule has 2 aromatic carbocycles. The van der Waals surface area contributed by atoms with Crippen LogP contribution >= 0.6 is 23.2 Å². The molecule has 0 saturated carbocycles. The lowest BCUT2D eigenvalue weighted by Gasteiger charge is -2.09. The summed E-state index contributed by atoms with van der Waals surface area (Å²) in [6, 6.07) is 14.2. The molecule has 0 amide bonds. The summed E-state index contributed by atoms with van der Waals surface area (Å²) in [5, 5.41) is 8.17. The number of halogens is 2. The van der Waals surface area contributed by atoms with Crippen LogP contribution < -0.4 is 0 Å². The lowest BCUT2D eigenvalue weighted by molar-refractivity contribution is 0.103. The number of hydrogen-bond donors (Lipinski definition) is 0. The molecule has 0 unspecified atom stereocenters. The van der Waals surface area contributed by atoms with Gasteiger partial charge in [0.2, 0.25) is 0 Å². The lowest BCUT2D eigenvalue weighted by atomic mass is 10.0. The van der Waals surface area contributed by atoms with Crippen LogP contribution in [0.2, 0.25) is 5.02 Å². The van der Waals surface area contributed by atoms with Gasteiger partial charge < -0.3 is 0 Å². The standard InChI is InChI=1S/C16H11Cl2N3O/c17-9-15-20-19-10-21(15)14-7-6-12(8-13(14)18)16(22)11-4-2-1-3-5-11/h1-8,10H,9H2. The van der Waals surface area contributed by atoms with Crippen molar-refractivity contribution in [3.8, 4) is 5.69 Å². The zero-order chi connectivity index (χ0) is 15.5. The van der Waals surface area contributed by atoms with Crippen LogP contribution in [0.1, 0.15) is 21.7 Å². The maximum absolute atomic E-state index is 12.4. The monoisotopic (exact) mass is 331 g/mol. The summed E-state index contributed by atoms with van der Waals surface area (Å²) < 4.78 is 1.70. The minimum absolute atomic E-state index is 0.0737. The molecule has 0 saturated heterocycles. The van der Waals surface area contributed by atoms with E-state index < -0.39 is 0 Å². The summed E-state index contributed by atoms with van der Waals surface area (Å²) in [7, 11) is 0. The molecule has 3 aromatic rings. The molecule has 3 rings (SSSR count). The molecular formula is C16H11Cl2N3O. The van der Waals surface area contributed by atoms with Crippen LogP contribution in [0.3, 0.4) is 0 Å². The van der Waals surface area contributed by atoms with Gasteiger partial charge in [0.05, 0.1) is 16.6 Å². The first-order chi connectivity index (χ1) is 10.7. The largest absolute Gasteiger partial charge is 0.289 e. The molecule has 22 heavy (non-hydrogen) atoms. The molecular weight excluding hydrogens is 321 g/mol. The number of ketones is 1. The van der Waals surface area contributed by atoms with Gasteiger partial charge in [0.15, 0.2) is 11.6 Å². The van der Waals surface area contributed by atoms with E-state index in [0.717, 1.165) is 0 Å². The van der Waals surface area contributed by atoms with Crippen LogP contribution in [0.15, 0.2) is 54.9 Å².